The third kappa shape index (κ3) is 4.02. The highest BCUT2D eigenvalue weighted by Gasteiger charge is 2.19. The number of hydrogen-bond donors (Lipinski definition) is 2. The molecule has 3 nitrogen and oxygen atoms in total. The van der Waals surface area contributed by atoms with E-state index in [1.165, 1.54) is 17.7 Å². The van der Waals surface area contributed by atoms with Gasteiger partial charge in [-0.15, -0.1) is 0 Å². The van der Waals surface area contributed by atoms with Crippen LogP contribution in [0, 0.1) is 0 Å². The van der Waals surface area contributed by atoms with Crippen LogP contribution in [0.25, 0.3) is 0 Å². The molecule has 1 atom stereocenters. The van der Waals surface area contributed by atoms with Gasteiger partial charge >= 0.3 is 0 Å². The largest absolute Gasteiger partial charge is 0.489 e. The van der Waals surface area contributed by atoms with Crippen LogP contribution in [0.1, 0.15) is 12.8 Å². The molecule has 0 spiro atoms. The third-order valence-electron chi connectivity index (χ3n) is 3.16. The van der Waals surface area contributed by atoms with E-state index in [2.05, 4.69) is 0 Å². The van der Waals surface area contributed by atoms with Crippen LogP contribution in [-0.2, 0) is 0 Å². The lowest BCUT2D eigenvalue weighted by atomic mass is 10.3. The molecule has 2 rings (SSSR count). The molecule has 1 aliphatic rings. The Morgan fingerprint density at radius 3 is 2.67 bits per heavy atom. The summed E-state index contributed by atoms with van der Waals surface area (Å²) in [6.07, 6.45) is 2.06. The minimum absolute atomic E-state index is 0.269. The van der Waals surface area contributed by atoms with E-state index in [0.717, 1.165) is 19.6 Å². The predicted octanol–water partition coefficient (Wildman–Crippen LogP) is 1.41. The molecular weight excluding hydrogens is 273 g/mol. The molecule has 1 aliphatic heterocycles. The molecule has 0 unspecified atom stereocenters. The smallest absolute Gasteiger partial charge is 0.138 e. The summed E-state index contributed by atoms with van der Waals surface area (Å²) < 4.78 is 5.51. The molecule has 100 valence electrons. The van der Waals surface area contributed by atoms with Crippen LogP contribution in [0.15, 0.2) is 18.2 Å². The number of aliphatic hydroxyl groups is 1. The SMILES string of the molecule is O[C@@H](COc1ccc(Cl)cc1Cl)C[NH+]1CCCC1. The molecule has 18 heavy (non-hydrogen) atoms. The van der Waals surface area contributed by atoms with Gasteiger partial charge in [0.2, 0.25) is 0 Å². The fourth-order valence-corrected chi connectivity index (χ4v) is 2.71. The molecule has 0 amide bonds. The second-order valence-electron chi connectivity index (χ2n) is 4.70. The van der Waals surface area contributed by atoms with Gasteiger partial charge in [0.15, 0.2) is 0 Å². The summed E-state index contributed by atoms with van der Waals surface area (Å²) in [5.74, 6) is 0.566. The number of likely N-dealkylation sites (tertiary alicyclic amines) is 1. The lowest BCUT2D eigenvalue weighted by Crippen LogP contribution is -3.11. The van der Waals surface area contributed by atoms with Crippen molar-refractivity contribution in [2.45, 2.75) is 18.9 Å². The van der Waals surface area contributed by atoms with E-state index in [1.54, 1.807) is 18.2 Å². The minimum Gasteiger partial charge on any atom is -0.489 e. The van der Waals surface area contributed by atoms with Crippen molar-refractivity contribution >= 4 is 23.2 Å². The van der Waals surface area contributed by atoms with Crippen molar-refractivity contribution in [1.82, 2.24) is 0 Å². The van der Waals surface area contributed by atoms with Gasteiger partial charge in [0, 0.05) is 17.9 Å². The van der Waals surface area contributed by atoms with E-state index in [4.69, 9.17) is 27.9 Å². The van der Waals surface area contributed by atoms with Crippen molar-refractivity contribution in [1.29, 1.82) is 0 Å². The maximum atomic E-state index is 9.90. The molecule has 0 aromatic heterocycles. The number of rotatable bonds is 5. The molecular formula is C13H18Cl2NO2+. The third-order valence-corrected chi connectivity index (χ3v) is 3.69. The second kappa shape index (κ2) is 6.62. The second-order valence-corrected chi connectivity index (χ2v) is 5.54. The fraction of sp³-hybridized carbons (Fsp3) is 0.538. The summed E-state index contributed by atoms with van der Waals surface area (Å²) in [5.41, 5.74) is 0. The molecule has 1 aromatic carbocycles. The zero-order valence-corrected chi connectivity index (χ0v) is 11.7. The Hall–Kier alpha value is -0.480. The summed E-state index contributed by atoms with van der Waals surface area (Å²) in [6, 6.07) is 5.08. The van der Waals surface area contributed by atoms with Gasteiger partial charge in [0.25, 0.3) is 0 Å². The highest BCUT2D eigenvalue weighted by molar-refractivity contribution is 6.35. The quantitative estimate of drug-likeness (QED) is 0.860. The number of quaternary nitrogens is 1. The molecule has 2 N–H and O–H groups in total. The first-order valence-corrected chi connectivity index (χ1v) is 7.00. The zero-order chi connectivity index (χ0) is 13.0. The Kier molecular flexibility index (Phi) is 5.13. The van der Waals surface area contributed by atoms with Crippen LogP contribution in [0.2, 0.25) is 10.0 Å². The number of benzene rings is 1. The van der Waals surface area contributed by atoms with Crippen molar-refractivity contribution in [3.8, 4) is 5.75 Å². The number of nitrogens with one attached hydrogen (secondary N) is 1. The van der Waals surface area contributed by atoms with Crippen LogP contribution in [0.4, 0.5) is 0 Å². The topological polar surface area (TPSA) is 33.9 Å². The molecule has 1 saturated heterocycles. The van der Waals surface area contributed by atoms with Crippen molar-refractivity contribution in [3.63, 3.8) is 0 Å². The van der Waals surface area contributed by atoms with Crippen molar-refractivity contribution in [2.24, 2.45) is 0 Å². The molecule has 0 saturated carbocycles. The lowest BCUT2D eigenvalue weighted by Gasteiger charge is -2.17. The first-order chi connectivity index (χ1) is 8.65. The summed E-state index contributed by atoms with van der Waals surface area (Å²) in [5, 5.41) is 11.0. The van der Waals surface area contributed by atoms with Crippen molar-refractivity contribution in [2.75, 3.05) is 26.2 Å². The van der Waals surface area contributed by atoms with Gasteiger partial charge in [-0.3, -0.25) is 0 Å². The van der Waals surface area contributed by atoms with Crippen molar-refractivity contribution < 1.29 is 14.7 Å². The van der Waals surface area contributed by atoms with Gasteiger partial charge < -0.3 is 14.7 Å². The highest BCUT2D eigenvalue weighted by Crippen LogP contribution is 2.27. The zero-order valence-electron chi connectivity index (χ0n) is 10.2. The number of aliphatic hydroxyl groups excluding tert-OH is 1. The lowest BCUT2D eigenvalue weighted by molar-refractivity contribution is -0.890. The molecule has 5 heteroatoms. The van der Waals surface area contributed by atoms with E-state index in [-0.39, 0.29) is 6.61 Å². The Balaban J connectivity index is 1.79. The van der Waals surface area contributed by atoms with E-state index >= 15 is 0 Å². The Morgan fingerprint density at radius 1 is 1.28 bits per heavy atom. The molecule has 0 bridgehead atoms. The average molecular weight is 291 g/mol. The van der Waals surface area contributed by atoms with Crippen LogP contribution < -0.4 is 9.64 Å². The first-order valence-electron chi connectivity index (χ1n) is 6.24. The van der Waals surface area contributed by atoms with Gasteiger partial charge in [-0.25, -0.2) is 0 Å². The van der Waals surface area contributed by atoms with Gasteiger partial charge in [-0.2, -0.15) is 0 Å². The monoisotopic (exact) mass is 290 g/mol. The Bertz CT molecular complexity index is 395. The normalized spacial score (nSPS) is 17.9. The molecule has 0 radical (unpaired) electrons. The van der Waals surface area contributed by atoms with Gasteiger partial charge in [0.05, 0.1) is 18.1 Å². The predicted molar refractivity (Wildman–Crippen MR) is 72.8 cm³/mol. The Labute approximate surface area is 117 Å². The summed E-state index contributed by atoms with van der Waals surface area (Å²) >= 11 is 11.8. The summed E-state index contributed by atoms with van der Waals surface area (Å²) in [4.78, 5) is 1.45. The van der Waals surface area contributed by atoms with E-state index in [9.17, 15) is 5.11 Å². The fourth-order valence-electron chi connectivity index (χ4n) is 2.25. The van der Waals surface area contributed by atoms with Gasteiger partial charge in [0.1, 0.15) is 25.0 Å². The first kappa shape index (κ1) is 13.9. The Morgan fingerprint density at radius 2 is 2.00 bits per heavy atom. The molecule has 1 aromatic rings. The standard InChI is InChI=1S/C13H17Cl2NO2/c14-10-3-4-13(12(15)7-10)18-9-11(17)8-16-5-1-2-6-16/h3-4,7,11,17H,1-2,5-6,8-9H2/p+1/t11-/m1/s1. The summed E-state index contributed by atoms with van der Waals surface area (Å²) in [7, 11) is 0. The van der Waals surface area contributed by atoms with Crippen molar-refractivity contribution in [3.05, 3.63) is 28.2 Å². The van der Waals surface area contributed by atoms with E-state index in [0.29, 0.717) is 15.8 Å². The van der Waals surface area contributed by atoms with Crippen LogP contribution >= 0.6 is 23.2 Å². The number of ether oxygens (including phenoxy) is 1. The van der Waals surface area contributed by atoms with Crippen LogP contribution in [0.5, 0.6) is 5.75 Å². The van der Waals surface area contributed by atoms with Gasteiger partial charge in [-0.05, 0) is 18.2 Å². The number of hydrogen-bond acceptors (Lipinski definition) is 2. The van der Waals surface area contributed by atoms with E-state index in [1.807, 2.05) is 0 Å². The van der Waals surface area contributed by atoms with Crippen LogP contribution in [0.3, 0.4) is 0 Å². The summed E-state index contributed by atoms with van der Waals surface area (Å²) in [6.45, 7) is 3.31. The van der Waals surface area contributed by atoms with E-state index < -0.39 is 6.10 Å². The highest BCUT2D eigenvalue weighted by atomic mass is 35.5. The van der Waals surface area contributed by atoms with Gasteiger partial charge in [-0.1, -0.05) is 23.2 Å². The minimum atomic E-state index is -0.454. The van der Waals surface area contributed by atoms with Crippen LogP contribution in [-0.4, -0.2) is 37.5 Å². The number of halogens is 2. The average Bonchev–Trinajstić information content (AvgIpc) is 2.80. The maximum Gasteiger partial charge on any atom is 0.138 e. The maximum absolute atomic E-state index is 9.90. The molecule has 0 aliphatic carbocycles. The molecule has 1 fully saturated rings. The molecule has 1 heterocycles.